The average molecular weight is 327 g/mol. The van der Waals surface area contributed by atoms with Crippen LogP contribution in [-0.4, -0.2) is 35.1 Å². The third-order valence-electron chi connectivity index (χ3n) is 3.13. The van der Waals surface area contributed by atoms with Crippen molar-refractivity contribution >= 4 is 34.9 Å². The van der Waals surface area contributed by atoms with Crippen molar-refractivity contribution in [1.29, 1.82) is 0 Å². The van der Waals surface area contributed by atoms with Gasteiger partial charge in [-0.25, -0.2) is 0 Å². The highest BCUT2D eigenvalue weighted by Gasteiger charge is 2.16. The number of halogens is 2. The van der Waals surface area contributed by atoms with Crippen LogP contribution >= 0.6 is 23.2 Å². The summed E-state index contributed by atoms with van der Waals surface area (Å²) < 4.78 is 0. The van der Waals surface area contributed by atoms with Crippen LogP contribution in [0.25, 0.3) is 0 Å². The molecule has 1 aromatic heterocycles. The maximum Gasteiger partial charge on any atom is 0.258 e. The largest absolute Gasteiger partial charge is 0.366 e. The van der Waals surface area contributed by atoms with E-state index in [-0.39, 0.29) is 5.91 Å². The molecule has 2 aromatic rings. The summed E-state index contributed by atoms with van der Waals surface area (Å²) in [4.78, 5) is 13.5. The fourth-order valence-electron chi connectivity index (χ4n) is 1.86. The van der Waals surface area contributed by atoms with Crippen molar-refractivity contribution in [3.63, 3.8) is 0 Å². The lowest BCUT2D eigenvalue weighted by Crippen LogP contribution is -2.22. The molecular formula is C14H16Cl2N4O. The molecule has 0 aliphatic heterocycles. The second-order valence-electron chi connectivity index (χ2n) is 4.86. The van der Waals surface area contributed by atoms with Crippen molar-refractivity contribution in [2.24, 2.45) is 0 Å². The highest BCUT2D eigenvalue weighted by molar-refractivity contribution is 6.36. The van der Waals surface area contributed by atoms with Crippen LogP contribution in [0.15, 0.2) is 18.3 Å². The number of nitrogens with zero attached hydrogens (tertiary/aromatic N) is 2. The summed E-state index contributed by atoms with van der Waals surface area (Å²) in [7, 11) is 3.39. The lowest BCUT2D eigenvalue weighted by Gasteiger charge is -2.12. The molecule has 2 N–H and O–H groups in total. The Labute approximate surface area is 133 Å². The number of hydrogen-bond donors (Lipinski definition) is 2. The molecular weight excluding hydrogens is 311 g/mol. The zero-order valence-corrected chi connectivity index (χ0v) is 13.5. The Kier molecular flexibility index (Phi) is 4.75. The lowest BCUT2D eigenvalue weighted by atomic mass is 10.1. The normalized spacial score (nSPS) is 10.5. The highest BCUT2D eigenvalue weighted by atomic mass is 35.5. The smallest absolute Gasteiger partial charge is 0.258 e. The van der Waals surface area contributed by atoms with Gasteiger partial charge < -0.3 is 10.2 Å². The van der Waals surface area contributed by atoms with E-state index in [0.29, 0.717) is 28.0 Å². The molecule has 0 fully saturated rings. The van der Waals surface area contributed by atoms with Gasteiger partial charge in [-0.1, -0.05) is 29.3 Å². The van der Waals surface area contributed by atoms with Gasteiger partial charge in [0.15, 0.2) is 0 Å². The van der Waals surface area contributed by atoms with Crippen molar-refractivity contribution in [1.82, 2.24) is 15.1 Å². The maximum atomic E-state index is 12.0. The van der Waals surface area contributed by atoms with Crippen LogP contribution in [0.1, 0.15) is 21.5 Å². The Morgan fingerprint density at radius 2 is 2.10 bits per heavy atom. The van der Waals surface area contributed by atoms with E-state index in [1.165, 1.54) is 11.1 Å². The number of aromatic amines is 1. The molecule has 0 unspecified atom stereocenters. The summed E-state index contributed by atoms with van der Waals surface area (Å²) >= 11 is 12.3. The van der Waals surface area contributed by atoms with Gasteiger partial charge in [0.1, 0.15) is 11.4 Å². The summed E-state index contributed by atoms with van der Waals surface area (Å²) in [6, 6.07) is 3.66. The van der Waals surface area contributed by atoms with E-state index in [2.05, 4.69) is 15.5 Å². The molecule has 112 valence electrons. The van der Waals surface area contributed by atoms with Gasteiger partial charge in [0.2, 0.25) is 0 Å². The van der Waals surface area contributed by atoms with Crippen LogP contribution in [0, 0.1) is 6.92 Å². The lowest BCUT2D eigenvalue weighted by molar-refractivity contribution is 0.0828. The van der Waals surface area contributed by atoms with Crippen LogP contribution in [0.2, 0.25) is 10.0 Å². The standard InChI is InChI=1S/C14H16Cl2N4O/c1-8-11(15)5-4-9(12(8)16)6-17-13-10(7-18-19-13)14(21)20(2)3/h4-5,7H,6H2,1-3H3,(H2,17,18,19). The van der Waals surface area contributed by atoms with Gasteiger partial charge in [0.25, 0.3) is 5.91 Å². The predicted octanol–water partition coefficient (Wildman–Crippen LogP) is 3.34. The fourth-order valence-corrected chi connectivity index (χ4v) is 2.30. The van der Waals surface area contributed by atoms with E-state index >= 15 is 0 Å². The first-order chi connectivity index (χ1) is 9.91. The molecule has 0 aliphatic rings. The topological polar surface area (TPSA) is 61.0 Å². The van der Waals surface area contributed by atoms with Crippen LogP contribution in [0.4, 0.5) is 5.82 Å². The molecule has 1 amide bonds. The number of carbonyl (C=O) groups is 1. The number of benzene rings is 1. The first-order valence-corrected chi connectivity index (χ1v) is 7.09. The van der Waals surface area contributed by atoms with E-state index in [4.69, 9.17) is 23.2 Å². The van der Waals surface area contributed by atoms with Crippen molar-refractivity contribution < 1.29 is 4.79 Å². The van der Waals surface area contributed by atoms with E-state index < -0.39 is 0 Å². The monoisotopic (exact) mass is 326 g/mol. The molecule has 21 heavy (non-hydrogen) atoms. The number of carbonyl (C=O) groups excluding carboxylic acids is 1. The van der Waals surface area contributed by atoms with Crippen molar-refractivity contribution in [3.8, 4) is 0 Å². The molecule has 0 aliphatic carbocycles. The van der Waals surface area contributed by atoms with Gasteiger partial charge in [0.05, 0.1) is 6.20 Å². The molecule has 0 saturated heterocycles. The Bertz CT molecular complexity index is 667. The second kappa shape index (κ2) is 6.37. The van der Waals surface area contributed by atoms with Crippen LogP contribution < -0.4 is 5.32 Å². The number of nitrogens with one attached hydrogen (secondary N) is 2. The Morgan fingerprint density at radius 1 is 1.38 bits per heavy atom. The third-order valence-corrected chi connectivity index (χ3v) is 4.07. The van der Waals surface area contributed by atoms with Gasteiger partial charge in [-0.3, -0.25) is 9.89 Å². The molecule has 5 nitrogen and oxygen atoms in total. The zero-order valence-electron chi connectivity index (χ0n) is 12.0. The summed E-state index contributed by atoms with van der Waals surface area (Å²) in [5.41, 5.74) is 2.23. The molecule has 1 aromatic carbocycles. The Hall–Kier alpha value is -1.72. The summed E-state index contributed by atoms with van der Waals surface area (Å²) in [6.07, 6.45) is 1.50. The zero-order chi connectivity index (χ0) is 15.6. The quantitative estimate of drug-likeness (QED) is 0.905. The molecule has 0 bridgehead atoms. The average Bonchev–Trinajstić information content (AvgIpc) is 2.91. The predicted molar refractivity (Wildman–Crippen MR) is 85.1 cm³/mol. The first-order valence-electron chi connectivity index (χ1n) is 6.34. The van der Waals surface area contributed by atoms with Gasteiger partial charge in [-0.2, -0.15) is 5.10 Å². The Balaban J connectivity index is 2.17. The van der Waals surface area contributed by atoms with Gasteiger partial charge in [-0.15, -0.1) is 0 Å². The van der Waals surface area contributed by atoms with Crippen molar-refractivity contribution in [3.05, 3.63) is 45.1 Å². The fraction of sp³-hybridized carbons (Fsp3) is 0.286. The summed E-state index contributed by atoms with van der Waals surface area (Å²) in [5.74, 6) is 0.446. The SMILES string of the molecule is Cc1c(Cl)ccc(CNc2[nH]ncc2C(=O)N(C)C)c1Cl. The number of anilines is 1. The van der Waals surface area contributed by atoms with Crippen molar-refractivity contribution in [2.45, 2.75) is 13.5 Å². The molecule has 0 atom stereocenters. The van der Waals surface area contributed by atoms with Gasteiger partial charge in [0, 0.05) is 30.7 Å². The maximum absolute atomic E-state index is 12.0. The molecule has 1 heterocycles. The molecule has 0 radical (unpaired) electrons. The van der Waals surface area contributed by atoms with Crippen LogP contribution in [0.3, 0.4) is 0 Å². The number of H-pyrrole nitrogens is 1. The number of aromatic nitrogens is 2. The van der Waals surface area contributed by atoms with Crippen LogP contribution in [-0.2, 0) is 6.54 Å². The van der Waals surface area contributed by atoms with Crippen molar-refractivity contribution in [2.75, 3.05) is 19.4 Å². The highest BCUT2D eigenvalue weighted by Crippen LogP contribution is 2.27. The van der Waals surface area contributed by atoms with E-state index in [9.17, 15) is 4.79 Å². The minimum atomic E-state index is -0.121. The van der Waals surface area contributed by atoms with Gasteiger partial charge >= 0.3 is 0 Å². The molecule has 2 rings (SSSR count). The molecule has 7 heteroatoms. The second-order valence-corrected chi connectivity index (χ2v) is 5.64. The van der Waals surface area contributed by atoms with Crippen LogP contribution in [0.5, 0.6) is 0 Å². The number of amides is 1. The number of hydrogen-bond acceptors (Lipinski definition) is 3. The van der Waals surface area contributed by atoms with E-state index in [0.717, 1.165) is 11.1 Å². The summed E-state index contributed by atoms with van der Waals surface area (Å²) in [5, 5.41) is 11.1. The first kappa shape index (κ1) is 15.7. The molecule has 0 spiro atoms. The summed E-state index contributed by atoms with van der Waals surface area (Å²) in [6.45, 7) is 2.33. The minimum absolute atomic E-state index is 0.121. The van der Waals surface area contributed by atoms with E-state index in [1.54, 1.807) is 20.2 Å². The minimum Gasteiger partial charge on any atom is -0.366 e. The van der Waals surface area contributed by atoms with Gasteiger partial charge in [-0.05, 0) is 24.1 Å². The van der Waals surface area contributed by atoms with E-state index in [1.807, 2.05) is 13.0 Å². The molecule has 0 saturated carbocycles. The number of rotatable bonds is 4. The third kappa shape index (κ3) is 3.31. The Morgan fingerprint density at radius 3 is 2.76 bits per heavy atom.